The number of hydrogen-bond donors (Lipinski definition) is 0. The van der Waals surface area contributed by atoms with Crippen molar-refractivity contribution >= 4 is 11.6 Å². The maximum atomic E-state index is 12.2. The summed E-state index contributed by atoms with van der Waals surface area (Å²) in [5, 5.41) is 0. The van der Waals surface area contributed by atoms with Gasteiger partial charge in [-0.15, -0.1) is 0 Å². The van der Waals surface area contributed by atoms with Crippen LogP contribution in [0.3, 0.4) is 0 Å². The summed E-state index contributed by atoms with van der Waals surface area (Å²) in [4.78, 5) is 24.1. The van der Waals surface area contributed by atoms with Gasteiger partial charge in [-0.05, 0) is 24.8 Å². The smallest absolute Gasteiger partial charge is 0.170 e. The average Bonchev–Trinajstić information content (AvgIpc) is 3.11. The van der Waals surface area contributed by atoms with E-state index in [1.165, 1.54) is 12.8 Å². The van der Waals surface area contributed by atoms with E-state index in [1.807, 2.05) is 31.2 Å². The largest absolute Gasteiger partial charge is 0.298 e. The van der Waals surface area contributed by atoms with Crippen molar-refractivity contribution in [1.82, 2.24) is 0 Å². The fraction of sp³-hybridized carbons (Fsp3) is 0.467. The molecule has 2 nitrogen and oxygen atoms in total. The van der Waals surface area contributed by atoms with Crippen LogP contribution in [0.15, 0.2) is 24.3 Å². The standard InChI is InChI=1S/C15H16O2/c1-15(9-10-6-7-10)12-5-3-2-4-11(12)13(16)8-14(15)17/h2-5,10H,6-9H2,1H3. The van der Waals surface area contributed by atoms with Gasteiger partial charge in [0.2, 0.25) is 0 Å². The number of ketones is 2. The molecule has 2 aliphatic carbocycles. The zero-order chi connectivity index (χ0) is 12.0. The molecule has 0 heterocycles. The number of carbonyl (C=O) groups excluding carboxylic acids is 2. The molecule has 2 aliphatic rings. The van der Waals surface area contributed by atoms with Crippen molar-refractivity contribution in [2.45, 2.75) is 38.0 Å². The van der Waals surface area contributed by atoms with Gasteiger partial charge in [0.05, 0.1) is 11.8 Å². The topological polar surface area (TPSA) is 34.1 Å². The van der Waals surface area contributed by atoms with Crippen LogP contribution in [-0.4, -0.2) is 11.6 Å². The van der Waals surface area contributed by atoms with Gasteiger partial charge in [-0.1, -0.05) is 37.1 Å². The van der Waals surface area contributed by atoms with Gasteiger partial charge in [-0.25, -0.2) is 0 Å². The molecule has 1 aromatic rings. The van der Waals surface area contributed by atoms with Gasteiger partial charge in [0.15, 0.2) is 11.6 Å². The summed E-state index contributed by atoms with van der Waals surface area (Å²) in [5.41, 5.74) is 1.29. The highest BCUT2D eigenvalue weighted by Crippen LogP contribution is 2.45. The van der Waals surface area contributed by atoms with Gasteiger partial charge < -0.3 is 0 Å². The lowest BCUT2D eigenvalue weighted by Crippen LogP contribution is -2.40. The van der Waals surface area contributed by atoms with Crippen molar-refractivity contribution in [3.8, 4) is 0 Å². The summed E-state index contributed by atoms with van der Waals surface area (Å²) >= 11 is 0. The van der Waals surface area contributed by atoms with E-state index in [4.69, 9.17) is 0 Å². The summed E-state index contributed by atoms with van der Waals surface area (Å²) in [7, 11) is 0. The highest BCUT2D eigenvalue weighted by atomic mass is 16.2. The molecular weight excluding hydrogens is 212 g/mol. The van der Waals surface area contributed by atoms with E-state index in [9.17, 15) is 9.59 Å². The summed E-state index contributed by atoms with van der Waals surface area (Å²) < 4.78 is 0. The fourth-order valence-electron chi connectivity index (χ4n) is 2.92. The Hall–Kier alpha value is -1.44. The normalized spacial score (nSPS) is 28.1. The van der Waals surface area contributed by atoms with Crippen LogP contribution in [0, 0.1) is 5.92 Å². The minimum Gasteiger partial charge on any atom is -0.298 e. The summed E-state index contributed by atoms with van der Waals surface area (Å²) in [5.74, 6) is 0.775. The molecule has 0 spiro atoms. The van der Waals surface area contributed by atoms with Gasteiger partial charge in [-0.2, -0.15) is 0 Å². The Kier molecular flexibility index (Phi) is 2.22. The first-order valence-corrected chi connectivity index (χ1v) is 6.27. The van der Waals surface area contributed by atoms with E-state index < -0.39 is 5.41 Å². The molecule has 3 rings (SSSR count). The molecule has 0 radical (unpaired) electrons. The van der Waals surface area contributed by atoms with Gasteiger partial charge in [0.25, 0.3) is 0 Å². The zero-order valence-corrected chi connectivity index (χ0v) is 10.0. The second-order valence-electron chi connectivity index (χ2n) is 5.55. The number of benzene rings is 1. The molecule has 0 aromatic heterocycles. The van der Waals surface area contributed by atoms with Crippen LogP contribution < -0.4 is 0 Å². The molecule has 0 N–H and O–H groups in total. The van der Waals surface area contributed by atoms with Crippen molar-refractivity contribution in [3.63, 3.8) is 0 Å². The third kappa shape index (κ3) is 1.63. The minimum absolute atomic E-state index is 0.0149. The summed E-state index contributed by atoms with van der Waals surface area (Å²) in [6.07, 6.45) is 3.47. The van der Waals surface area contributed by atoms with Crippen molar-refractivity contribution in [2.24, 2.45) is 5.92 Å². The van der Waals surface area contributed by atoms with Crippen LogP contribution >= 0.6 is 0 Å². The van der Waals surface area contributed by atoms with Gasteiger partial charge >= 0.3 is 0 Å². The molecule has 0 bridgehead atoms. The second-order valence-corrected chi connectivity index (χ2v) is 5.55. The maximum Gasteiger partial charge on any atom is 0.170 e. The van der Waals surface area contributed by atoms with E-state index in [1.54, 1.807) is 0 Å². The molecule has 17 heavy (non-hydrogen) atoms. The van der Waals surface area contributed by atoms with Crippen LogP contribution in [-0.2, 0) is 10.2 Å². The molecule has 88 valence electrons. The first-order chi connectivity index (χ1) is 8.11. The lowest BCUT2D eigenvalue weighted by Gasteiger charge is -2.34. The highest BCUT2D eigenvalue weighted by molar-refractivity contribution is 6.16. The van der Waals surface area contributed by atoms with E-state index in [0.717, 1.165) is 17.5 Å². The van der Waals surface area contributed by atoms with Crippen molar-refractivity contribution in [1.29, 1.82) is 0 Å². The van der Waals surface area contributed by atoms with Crippen molar-refractivity contribution in [2.75, 3.05) is 0 Å². The minimum atomic E-state index is -0.425. The molecule has 1 aromatic carbocycles. The first kappa shape index (κ1) is 10.7. The quantitative estimate of drug-likeness (QED) is 0.729. The van der Waals surface area contributed by atoms with Crippen LogP contribution in [0.2, 0.25) is 0 Å². The monoisotopic (exact) mass is 228 g/mol. The van der Waals surface area contributed by atoms with Crippen LogP contribution in [0.25, 0.3) is 0 Å². The third-order valence-corrected chi connectivity index (χ3v) is 4.15. The Morgan fingerprint density at radius 2 is 1.94 bits per heavy atom. The SMILES string of the molecule is CC1(CC2CC2)C(=O)CC(=O)c2ccccc21. The predicted molar refractivity (Wildman–Crippen MR) is 65.1 cm³/mol. The number of hydrogen-bond acceptors (Lipinski definition) is 2. The number of fused-ring (bicyclic) bond motifs is 1. The average molecular weight is 228 g/mol. The van der Waals surface area contributed by atoms with Crippen molar-refractivity contribution < 1.29 is 9.59 Å². The van der Waals surface area contributed by atoms with Crippen LogP contribution in [0.1, 0.15) is 48.5 Å². The molecule has 1 unspecified atom stereocenters. The molecule has 0 amide bonds. The maximum absolute atomic E-state index is 12.2. The molecular formula is C15H16O2. The van der Waals surface area contributed by atoms with E-state index >= 15 is 0 Å². The molecule has 1 saturated carbocycles. The van der Waals surface area contributed by atoms with Gasteiger partial charge in [0, 0.05) is 5.56 Å². The Morgan fingerprint density at radius 1 is 1.24 bits per heavy atom. The van der Waals surface area contributed by atoms with Gasteiger partial charge in [-0.3, -0.25) is 9.59 Å². The molecule has 2 heteroatoms. The van der Waals surface area contributed by atoms with Crippen LogP contribution in [0.5, 0.6) is 0 Å². The lowest BCUT2D eigenvalue weighted by molar-refractivity contribution is -0.124. The van der Waals surface area contributed by atoms with Gasteiger partial charge in [0.1, 0.15) is 0 Å². The first-order valence-electron chi connectivity index (χ1n) is 6.27. The predicted octanol–water partition coefficient (Wildman–Crippen LogP) is 2.90. The number of Topliss-reactive ketones (excluding diaryl/α,β-unsaturated/α-hetero) is 2. The highest BCUT2D eigenvalue weighted by Gasteiger charge is 2.45. The Bertz CT molecular complexity index is 499. The fourth-order valence-corrected chi connectivity index (χ4v) is 2.92. The lowest BCUT2D eigenvalue weighted by atomic mass is 9.67. The van der Waals surface area contributed by atoms with E-state index in [0.29, 0.717) is 5.92 Å². The second kappa shape index (κ2) is 3.52. The Morgan fingerprint density at radius 3 is 2.65 bits per heavy atom. The van der Waals surface area contributed by atoms with Crippen molar-refractivity contribution in [3.05, 3.63) is 35.4 Å². The Labute approximate surface area is 101 Å². The van der Waals surface area contributed by atoms with Crippen LogP contribution in [0.4, 0.5) is 0 Å². The van der Waals surface area contributed by atoms with E-state index in [2.05, 4.69) is 0 Å². The Balaban J connectivity index is 2.10. The third-order valence-electron chi connectivity index (χ3n) is 4.15. The molecule has 0 aliphatic heterocycles. The molecule has 1 atom stereocenters. The van der Waals surface area contributed by atoms with E-state index in [-0.39, 0.29) is 18.0 Å². The summed E-state index contributed by atoms with van der Waals surface area (Å²) in [6.45, 7) is 2.01. The molecule has 0 saturated heterocycles. The number of rotatable bonds is 2. The summed E-state index contributed by atoms with van der Waals surface area (Å²) in [6, 6.07) is 7.61. The number of carbonyl (C=O) groups is 2. The zero-order valence-electron chi connectivity index (χ0n) is 10.0. The molecule has 1 fully saturated rings.